The molecule has 0 radical (unpaired) electrons. The van der Waals surface area contributed by atoms with Gasteiger partial charge in [0.1, 0.15) is 0 Å². The lowest BCUT2D eigenvalue weighted by Crippen LogP contribution is -1.97. The molecule has 88 valence electrons. The summed E-state index contributed by atoms with van der Waals surface area (Å²) in [5, 5.41) is 0. The Bertz CT molecular complexity index is 515. The van der Waals surface area contributed by atoms with Crippen LogP contribution < -0.4 is 5.73 Å². The van der Waals surface area contributed by atoms with E-state index in [1.165, 1.54) is 22.3 Å². The number of hydrogen-bond donors (Lipinski definition) is 1. The van der Waals surface area contributed by atoms with E-state index in [0.717, 1.165) is 18.5 Å². The van der Waals surface area contributed by atoms with Crippen LogP contribution in [0.1, 0.15) is 25.0 Å². The number of hydrogen-bond acceptors (Lipinski definition) is 1. The quantitative estimate of drug-likeness (QED) is 0.783. The van der Waals surface area contributed by atoms with E-state index in [-0.39, 0.29) is 0 Å². The molecule has 0 aliphatic carbocycles. The zero-order valence-corrected chi connectivity index (χ0v) is 10.5. The fourth-order valence-corrected chi connectivity index (χ4v) is 2.34. The zero-order valence-electron chi connectivity index (χ0n) is 10.5. The predicted octanol–water partition coefficient (Wildman–Crippen LogP) is 4.06. The number of nitrogen functional groups attached to an aromatic ring is 1. The molecule has 0 bridgehead atoms. The average Bonchev–Trinajstić information content (AvgIpc) is 2.38. The van der Waals surface area contributed by atoms with Crippen molar-refractivity contribution in [3.8, 4) is 11.1 Å². The molecule has 2 aromatic rings. The van der Waals surface area contributed by atoms with E-state index in [4.69, 9.17) is 5.73 Å². The highest BCUT2D eigenvalue weighted by molar-refractivity contribution is 5.75. The van der Waals surface area contributed by atoms with Crippen LogP contribution in [0.3, 0.4) is 0 Å². The molecule has 0 unspecified atom stereocenters. The molecule has 1 heteroatoms. The summed E-state index contributed by atoms with van der Waals surface area (Å²) in [5.41, 5.74) is 12.2. The van der Waals surface area contributed by atoms with E-state index in [1.807, 2.05) is 12.1 Å². The van der Waals surface area contributed by atoms with Crippen molar-refractivity contribution in [2.24, 2.45) is 0 Å². The van der Waals surface area contributed by atoms with Gasteiger partial charge in [-0.1, -0.05) is 50.2 Å². The standard InChI is InChI=1S/C16H19N/c1-3-12-8-5-6-9-14(12)15-10-7-11-16(17)13(15)4-2/h5-11H,3-4,17H2,1-2H3. The Morgan fingerprint density at radius 1 is 0.824 bits per heavy atom. The van der Waals surface area contributed by atoms with Gasteiger partial charge in [-0.25, -0.2) is 0 Å². The molecule has 1 nitrogen and oxygen atoms in total. The SMILES string of the molecule is CCc1ccccc1-c1cccc(N)c1CC. The van der Waals surface area contributed by atoms with Gasteiger partial charge in [0.05, 0.1) is 0 Å². The first-order valence-electron chi connectivity index (χ1n) is 6.23. The number of benzene rings is 2. The van der Waals surface area contributed by atoms with E-state index in [2.05, 4.69) is 44.2 Å². The lowest BCUT2D eigenvalue weighted by Gasteiger charge is -2.14. The fraction of sp³-hybridized carbons (Fsp3) is 0.250. The fourth-order valence-electron chi connectivity index (χ4n) is 2.34. The predicted molar refractivity (Wildman–Crippen MR) is 75.0 cm³/mol. The van der Waals surface area contributed by atoms with Gasteiger partial charge >= 0.3 is 0 Å². The Hall–Kier alpha value is -1.76. The minimum Gasteiger partial charge on any atom is -0.398 e. The summed E-state index contributed by atoms with van der Waals surface area (Å²) in [4.78, 5) is 0. The average molecular weight is 225 g/mol. The van der Waals surface area contributed by atoms with Gasteiger partial charge in [0.25, 0.3) is 0 Å². The molecule has 17 heavy (non-hydrogen) atoms. The molecule has 0 fully saturated rings. The van der Waals surface area contributed by atoms with Crippen molar-refractivity contribution in [1.29, 1.82) is 0 Å². The Morgan fingerprint density at radius 3 is 2.24 bits per heavy atom. The highest BCUT2D eigenvalue weighted by Crippen LogP contribution is 2.30. The third-order valence-corrected chi connectivity index (χ3v) is 3.25. The molecule has 0 saturated heterocycles. The van der Waals surface area contributed by atoms with Crippen molar-refractivity contribution in [3.63, 3.8) is 0 Å². The molecule has 0 aliphatic heterocycles. The maximum Gasteiger partial charge on any atom is 0.0352 e. The normalized spacial score (nSPS) is 10.5. The van der Waals surface area contributed by atoms with Crippen LogP contribution in [-0.2, 0) is 12.8 Å². The molecular weight excluding hydrogens is 206 g/mol. The van der Waals surface area contributed by atoms with Gasteiger partial charge in [-0.3, -0.25) is 0 Å². The van der Waals surface area contributed by atoms with Crippen molar-refractivity contribution in [2.75, 3.05) is 5.73 Å². The highest BCUT2D eigenvalue weighted by Gasteiger charge is 2.09. The van der Waals surface area contributed by atoms with Gasteiger partial charge < -0.3 is 5.73 Å². The molecular formula is C16H19N. The molecule has 0 saturated carbocycles. The van der Waals surface area contributed by atoms with Crippen LogP contribution in [0, 0.1) is 0 Å². The lowest BCUT2D eigenvalue weighted by molar-refractivity contribution is 1.12. The maximum absolute atomic E-state index is 6.06. The van der Waals surface area contributed by atoms with Gasteiger partial charge in [0.15, 0.2) is 0 Å². The summed E-state index contributed by atoms with van der Waals surface area (Å²) < 4.78 is 0. The monoisotopic (exact) mass is 225 g/mol. The summed E-state index contributed by atoms with van der Waals surface area (Å²) in [6.07, 6.45) is 2.02. The second-order valence-corrected chi connectivity index (χ2v) is 4.24. The van der Waals surface area contributed by atoms with Gasteiger partial charge in [-0.2, -0.15) is 0 Å². The number of nitrogens with two attached hydrogens (primary N) is 1. The summed E-state index contributed by atoms with van der Waals surface area (Å²) in [7, 11) is 0. The van der Waals surface area contributed by atoms with Crippen LogP contribution in [0.25, 0.3) is 11.1 Å². The third-order valence-electron chi connectivity index (χ3n) is 3.25. The summed E-state index contributed by atoms with van der Waals surface area (Å²) in [5.74, 6) is 0. The maximum atomic E-state index is 6.06. The van der Waals surface area contributed by atoms with E-state index >= 15 is 0 Å². The van der Waals surface area contributed by atoms with E-state index in [9.17, 15) is 0 Å². The topological polar surface area (TPSA) is 26.0 Å². The lowest BCUT2D eigenvalue weighted by atomic mass is 9.92. The summed E-state index contributed by atoms with van der Waals surface area (Å²) in [6.45, 7) is 4.35. The zero-order chi connectivity index (χ0) is 12.3. The van der Waals surface area contributed by atoms with Gasteiger partial charge in [0.2, 0.25) is 0 Å². The second kappa shape index (κ2) is 5.05. The smallest absolute Gasteiger partial charge is 0.0352 e. The molecule has 2 rings (SSSR count). The minimum absolute atomic E-state index is 0.899. The van der Waals surface area contributed by atoms with Crippen molar-refractivity contribution in [2.45, 2.75) is 26.7 Å². The van der Waals surface area contributed by atoms with E-state index in [0.29, 0.717) is 0 Å². The Labute approximate surface area is 103 Å². The third kappa shape index (κ3) is 2.19. The summed E-state index contributed by atoms with van der Waals surface area (Å²) >= 11 is 0. The minimum atomic E-state index is 0.899. The first-order chi connectivity index (χ1) is 8.27. The molecule has 0 amide bonds. The molecule has 0 spiro atoms. The van der Waals surface area contributed by atoms with Crippen LogP contribution in [0.15, 0.2) is 42.5 Å². The number of aryl methyl sites for hydroxylation is 1. The second-order valence-electron chi connectivity index (χ2n) is 4.24. The van der Waals surface area contributed by atoms with Gasteiger partial charge in [-0.15, -0.1) is 0 Å². The van der Waals surface area contributed by atoms with Crippen LogP contribution in [0.5, 0.6) is 0 Å². The molecule has 0 heterocycles. The molecule has 2 aromatic carbocycles. The van der Waals surface area contributed by atoms with Crippen molar-refractivity contribution in [3.05, 3.63) is 53.6 Å². The van der Waals surface area contributed by atoms with E-state index < -0.39 is 0 Å². The Balaban J connectivity index is 2.64. The Kier molecular flexibility index (Phi) is 3.48. The summed E-state index contributed by atoms with van der Waals surface area (Å²) in [6, 6.07) is 14.8. The van der Waals surface area contributed by atoms with Crippen LogP contribution in [0.4, 0.5) is 5.69 Å². The number of rotatable bonds is 3. The van der Waals surface area contributed by atoms with E-state index in [1.54, 1.807) is 0 Å². The van der Waals surface area contributed by atoms with Crippen LogP contribution >= 0.6 is 0 Å². The highest BCUT2D eigenvalue weighted by atomic mass is 14.6. The first kappa shape index (κ1) is 11.7. The molecule has 0 atom stereocenters. The molecule has 0 aromatic heterocycles. The Morgan fingerprint density at radius 2 is 1.53 bits per heavy atom. The van der Waals surface area contributed by atoms with Crippen molar-refractivity contribution >= 4 is 5.69 Å². The van der Waals surface area contributed by atoms with Crippen molar-refractivity contribution in [1.82, 2.24) is 0 Å². The van der Waals surface area contributed by atoms with Gasteiger partial charge in [0, 0.05) is 5.69 Å². The van der Waals surface area contributed by atoms with Crippen LogP contribution in [0.2, 0.25) is 0 Å². The number of anilines is 1. The van der Waals surface area contributed by atoms with Crippen molar-refractivity contribution < 1.29 is 0 Å². The van der Waals surface area contributed by atoms with Crippen LogP contribution in [-0.4, -0.2) is 0 Å². The molecule has 0 aliphatic rings. The molecule has 2 N–H and O–H groups in total. The largest absolute Gasteiger partial charge is 0.398 e. The van der Waals surface area contributed by atoms with Gasteiger partial charge in [-0.05, 0) is 41.2 Å². The first-order valence-corrected chi connectivity index (χ1v) is 6.23.